The Labute approximate surface area is 155 Å². The van der Waals surface area contributed by atoms with E-state index >= 15 is 0 Å². The smallest absolute Gasteiger partial charge is 0.244 e. The van der Waals surface area contributed by atoms with Crippen LogP contribution in [0.3, 0.4) is 0 Å². The van der Waals surface area contributed by atoms with Crippen molar-refractivity contribution in [3.63, 3.8) is 0 Å². The fourth-order valence-corrected chi connectivity index (χ4v) is 2.57. The molecule has 27 heavy (non-hydrogen) atoms. The van der Waals surface area contributed by atoms with E-state index in [-0.39, 0.29) is 5.91 Å². The zero-order valence-electron chi connectivity index (χ0n) is 14.4. The maximum Gasteiger partial charge on any atom is 0.244 e. The predicted octanol–water partition coefficient (Wildman–Crippen LogP) is 2.54. The molecule has 132 valence electrons. The topological polar surface area (TPSA) is 85.6 Å². The van der Waals surface area contributed by atoms with Crippen LogP contribution in [0.2, 0.25) is 0 Å². The molecule has 0 unspecified atom stereocenters. The SMILES string of the molecule is O=C(/C=C/c1cnc2ccccc2n1)NCc1ccc(-n2cncn2)cc1. The van der Waals surface area contributed by atoms with E-state index in [9.17, 15) is 4.79 Å². The monoisotopic (exact) mass is 356 g/mol. The second kappa shape index (κ2) is 7.57. The highest BCUT2D eigenvalue weighted by Crippen LogP contribution is 2.10. The summed E-state index contributed by atoms with van der Waals surface area (Å²) in [6, 6.07) is 15.3. The third kappa shape index (κ3) is 4.04. The predicted molar refractivity (Wildman–Crippen MR) is 102 cm³/mol. The van der Waals surface area contributed by atoms with Crippen molar-refractivity contribution in [2.24, 2.45) is 0 Å². The van der Waals surface area contributed by atoms with Crippen molar-refractivity contribution in [3.8, 4) is 5.69 Å². The van der Waals surface area contributed by atoms with Crippen molar-refractivity contribution in [2.75, 3.05) is 0 Å². The Morgan fingerprint density at radius 3 is 2.67 bits per heavy atom. The van der Waals surface area contributed by atoms with Crippen LogP contribution in [0.5, 0.6) is 0 Å². The number of hydrogen-bond acceptors (Lipinski definition) is 5. The van der Waals surface area contributed by atoms with Crippen LogP contribution in [-0.4, -0.2) is 30.6 Å². The number of nitrogens with one attached hydrogen (secondary N) is 1. The molecule has 4 rings (SSSR count). The summed E-state index contributed by atoms with van der Waals surface area (Å²) in [6.07, 6.45) is 7.89. The number of rotatable bonds is 5. The van der Waals surface area contributed by atoms with Gasteiger partial charge in [-0.15, -0.1) is 0 Å². The summed E-state index contributed by atoms with van der Waals surface area (Å²) < 4.78 is 1.68. The van der Waals surface area contributed by atoms with E-state index in [0.29, 0.717) is 12.2 Å². The van der Waals surface area contributed by atoms with Crippen molar-refractivity contribution in [2.45, 2.75) is 6.54 Å². The Balaban J connectivity index is 1.35. The molecular weight excluding hydrogens is 340 g/mol. The molecule has 4 aromatic rings. The first kappa shape index (κ1) is 16.6. The zero-order valence-corrected chi connectivity index (χ0v) is 14.4. The molecule has 0 saturated heterocycles. The van der Waals surface area contributed by atoms with Crippen LogP contribution in [0, 0.1) is 0 Å². The van der Waals surface area contributed by atoms with Gasteiger partial charge < -0.3 is 5.32 Å². The Kier molecular flexibility index (Phi) is 4.65. The van der Waals surface area contributed by atoms with Crippen molar-refractivity contribution in [3.05, 3.63) is 84.7 Å². The lowest BCUT2D eigenvalue weighted by Gasteiger charge is -2.05. The van der Waals surface area contributed by atoms with E-state index in [4.69, 9.17) is 0 Å². The first-order valence-electron chi connectivity index (χ1n) is 8.39. The number of aromatic nitrogens is 5. The zero-order chi connectivity index (χ0) is 18.5. The highest BCUT2D eigenvalue weighted by Gasteiger charge is 2.01. The van der Waals surface area contributed by atoms with Crippen LogP contribution >= 0.6 is 0 Å². The van der Waals surface area contributed by atoms with Gasteiger partial charge in [0.1, 0.15) is 12.7 Å². The van der Waals surface area contributed by atoms with Gasteiger partial charge in [0.05, 0.1) is 28.6 Å². The highest BCUT2D eigenvalue weighted by atomic mass is 16.1. The van der Waals surface area contributed by atoms with Crippen LogP contribution in [-0.2, 0) is 11.3 Å². The molecule has 1 N–H and O–H groups in total. The van der Waals surface area contributed by atoms with Gasteiger partial charge >= 0.3 is 0 Å². The van der Waals surface area contributed by atoms with Crippen molar-refractivity contribution in [1.82, 2.24) is 30.0 Å². The van der Waals surface area contributed by atoms with E-state index in [0.717, 1.165) is 22.3 Å². The summed E-state index contributed by atoms with van der Waals surface area (Å²) in [7, 11) is 0. The fraction of sp³-hybridized carbons (Fsp3) is 0.0500. The molecule has 7 nitrogen and oxygen atoms in total. The number of benzene rings is 2. The van der Waals surface area contributed by atoms with Gasteiger partial charge in [-0.2, -0.15) is 5.10 Å². The van der Waals surface area contributed by atoms with Gasteiger partial charge in [-0.3, -0.25) is 9.78 Å². The quantitative estimate of drug-likeness (QED) is 0.556. The fourth-order valence-electron chi connectivity index (χ4n) is 2.57. The second-order valence-electron chi connectivity index (χ2n) is 5.84. The van der Waals surface area contributed by atoms with Gasteiger partial charge in [-0.1, -0.05) is 24.3 Å². The van der Waals surface area contributed by atoms with E-state index in [1.54, 1.807) is 23.3 Å². The first-order chi connectivity index (χ1) is 13.3. The molecule has 0 atom stereocenters. The number of hydrogen-bond donors (Lipinski definition) is 1. The van der Waals surface area contributed by atoms with E-state index in [1.807, 2.05) is 48.5 Å². The third-order valence-electron chi connectivity index (χ3n) is 3.96. The Morgan fingerprint density at radius 2 is 1.89 bits per heavy atom. The van der Waals surface area contributed by atoms with Crippen LogP contribution in [0.1, 0.15) is 11.3 Å². The molecule has 0 fully saturated rings. The lowest BCUT2D eigenvalue weighted by Crippen LogP contribution is -2.20. The molecule has 1 amide bonds. The lowest BCUT2D eigenvalue weighted by atomic mass is 10.2. The minimum atomic E-state index is -0.190. The van der Waals surface area contributed by atoms with Crippen LogP contribution < -0.4 is 5.32 Å². The Hall–Kier alpha value is -3.87. The average Bonchev–Trinajstić information content (AvgIpc) is 3.26. The second-order valence-corrected chi connectivity index (χ2v) is 5.84. The number of amides is 1. The highest BCUT2D eigenvalue weighted by molar-refractivity contribution is 5.91. The molecule has 7 heteroatoms. The molecule has 0 aliphatic heterocycles. The van der Waals surface area contributed by atoms with Crippen molar-refractivity contribution < 1.29 is 4.79 Å². The number of para-hydroxylation sites is 2. The molecule has 2 aromatic carbocycles. The third-order valence-corrected chi connectivity index (χ3v) is 3.96. The Bertz CT molecular complexity index is 1090. The van der Waals surface area contributed by atoms with E-state index in [2.05, 4.69) is 25.4 Å². The van der Waals surface area contributed by atoms with Crippen molar-refractivity contribution in [1.29, 1.82) is 0 Å². The normalized spacial score (nSPS) is 11.1. The summed E-state index contributed by atoms with van der Waals surface area (Å²) in [4.78, 5) is 24.7. The molecule has 0 saturated carbocycles. The first-order valence-corrected chi connectivity index (χ1v) is 8.39. The van der Waals surface area contributed by atoms with Crippen LogP contribution in [0.15, 0.2) is 73.5 Å². The maximum atomic E-state index is 12.0. The van der Waals surface area contributed by atoms with Crippen LogP contribution in [0.25, 0.3) is 22.8 Å². The standard InChI is InChI=1S/C20H16N6O/c27-20(10-7-16-12-22-18-3-1-2-4-19(18)25-16)23-11-15-5-8-17(9-6-15)26-14-21-13-24-26/h1-10,12-14H,11H2,(H,23,27)/b10-7+. The molecular formula is C20H16N6O. The molecule has 0 aliphatic rings. The molecule has 0 aliphatic carbocycles. The van der Waals surface area contributed by atoms with Gasteiger partial charge in [0.15, 0.2) is 0 Å². The van der Waals surface area contributed by atoms with Crippen molar-refractivity contribution >= 4 is 23.0 Å². The number of nitrogens with zero attached hydrogens (tertiary/aromatic N) is 5. The molecule has 0 bridgehead atoms. The maximum absolute atomic E-state index is 12.0. The minimum absolute atomic E-state index is 0.190. The Morgan fingerprint density at radius 1 is 1.07 bits per heavy atom. The summed E-state index contributed by atoms with van der Waals surface area (Å²) >= 11 is 0. The number of carbonyl (C=O) groups excluding carboxylic acids is 1. The van der Waals surface area contributed by atoms with Gasteiger partial charge in [0.2, 0.25) is 5.91 Å². The minimum Gasteiger partial charge on any atom is -0.348 e. The summed E-state index contributed by atoms with van der Waals surface area (Å²) in [5.41, 5.74) is 4.17. The average molecular weight is 356 g/mol. The van der Waals surface area contributed by atoms with Gasteiger partial charge in [0, 0.05) is 12.6 Å². The van der Waals surface area contributed by atoms with E-state index in [1.165, 1.54) is 12.4 Å². The lowest BCUT2D eigenvalue weighted by molar-refractivity contribution is -0.116. The van der Waals surface area contributed by atoms with Gasteiger partial charge in [-0.25, -0.2) is 14.6 Å². The van der Waals surface area contributed by atoms with E-state index < -0.39 is 0 Å². The number of fused-ring (bicyclic) bond motifs is 1. The summed E-state index contributed by atoms with van der Waals surface area (Å²) in [6.45, 7) is 0.435. The molecule has 0 radical (unpaired) electrons. The van der Waals surface area contributed by atoms with Gasteiger partial charge in [0.25, 0.3) is 0 Å². The van der Waals surface area contributed by atoms with Gasteiger partial charge in [-0.05, 0) is 35.9 Å². The molecule has 2 aromatic heterocycles. The summed E-state index contributed by atoms with van der Waals surface area (Å²) in [5, 5.41) is 6.93. The summed E-state index contributed by atoms with van der Waals surface area (Å²) in [5.74, 6) is -0.190. The molecule has 2 heterocycles. The number of carbonyl (C=O) groups is 1. The van der Waals surface area contributed by atoms with Crippen LogP contribution in [0.4, 0.5) is 0 Å². The molecule has 0 spiro atoms. The largest absolute Gasteiger partial charge is 0.348 e.